The number of nitrogens with zero attached hydrogens (tertiary/aromatic N) is 2. The van der Waals surface area contributed by atoms with Crippen molar-refractivity contribution in [3.8, 4) is 0 Å². The van der Waals surface area contributed by atoms with Crippen LogP contribution in [0.4, 0.5) is 5.82 Å². The number of ether oxygens (including phenoxy) is 1. The van der Waals surface area contributed by atoms with Crippen molar-refractivity contribution in [2.24, 2.45) is 0 Å². The molecule has 4 heteroatoms. The summed E-state index contributed by atoms with van der Waals surface area (Å²) in [4.78, 5) is 7.15. The van der Waals surface area contributed by atoms with E-state index in [0.29, 0.717) is 0 Å². The lowest BCUT2D eigenvalue weighted by atomic mass is 9.99. The van der Waals surface area contributed by atoms with Crippen LogP contribution in [0.3, 0.4) is 0 Å². The maximum absolute atomic E-state index is 6.14. The third kappa shape index (κ3) is 4.17. The lowest BCUT2D eigenvalue weighted by Crippen LogP contribution is -2.57. The smallest absolute Gasteiger partial charge is 0.129 e. The highest BCUT2D eigenvalue weighted by Gasteiger charge is 2.38. The SMILES string of the molecule is CCNCc1ccc(N2CC(C)(C)OC(C)(C)C2)nc1C. The summed E-state index contributed by atoms with van der Waals surface area (Å²) in [7, 11) is 0. The molecule has 1 aromatic rings. The minimum Gasteiger partial charge on any atom is -0.366 e. The van der Waals surface area contributed by atoms with E-state index >= 15 is 0 Å². The van der Waals surface area contributed by atoms with Crippen molar-refractivity contribution in [3.05, 3.63) is 23.4 Å². The van der Waals surface area contributed by atoms with E-state index < -0.39 is 0 Å². The topological polar surface area (TPSA) is 37.4 Å². The summed E-state index contributed by atoms with van der Waals surface area (Å²) in [5.41, 5.74) is 2.07. The van der Waals surface area contributed by atoms with Crippen molar-refractivity contribution in [2.45, 2.75) is 59.3 Å². The van der Waals surface area contributed by atoms with Crippen LogP contribution in [-0.4, -0.2) is 35.8 Å². The number of hydrogen-bond donors (Lipinski definition) is 1. The Labute approximate surface area is 128 Å². The number of nitrogens with one attached hydrogen (secondary N) is 1. The molecule has 1 saturated heterocycles. The monoisotopic (exact) mass is 291 g/mol. The Morgan fingerprint density at radius 2 is 1.81 bits per heavy atom. The van der Waals surface area contributed by atoms with Crippen LogP contribution in [0.25, 0.3) is 0 Å². The minimum atomic E-state index is -0.153. The van der Waals surface area contributed by atoms with E-state index in [-0.39, 0.29) is 11.2 Å². The van der Waals surface area contributed by atoms with Crippen LogP contribution in [0, 0.1) is 6.92 Å². The van der Waals surface area contributed by atoms with Gasteiger partial charge in [0, 0.05) is 25.3 Å². The Bertz CT molecular complexity index is 481. The minimum absolute atomic E-state index is 0.153. The predicted octanol–water partition coefficient (Wildman–Crippen LogP) is 2.89. The summed E-state index contributed by atoms with van der Waals surface area (Å²) < 4.78 is 6.14. The molecule has 0 bridgehead atoms. The summed E-state index contributed by atoms with van der Waals surface area (Å²) in [5, 5.41) is 3.36. The molecule has 0 amide bonds. The maximum atomic E-state index is 6.14. The maximum Gasteiger partial charge on any atom is 0.129 e. The Morgan fingerprint density at radius 3 is 2.33 bits per heavy atom. The molecule has 0 aromatic carbocycles. The first-order valence-electron chi connectivity index (χ1n) is 7.85. The third-order valence-electron chi connectivity index (χ3n) is 3.77. The molecule has 0 unspecified atom stereocenters. The first-order valence-corrected chi connectivity index (χ1v) is 7.85. The molecule has 1 aromatic heterocycles. The molecule has 21 heavy (non-hydrogen) atoms. The van der Waals surface area contributed by atoms with Gasteiger partial charge in [-0.15, -0.1) is 0 Å². The van der Waals surface area contributed by atoms with Crippen LogP contribution in [0.1, 0.15) is 45.9 Å². The number of rotatable bonds is 4. The van der Waals surface area contributed by atoms with E-state index in [9.17, 15) is 0 Å². The highest BCUT2D eigenvalue weighted by Crippen LogP contribution is 2.30. The zero-order valence-electron chi connectivity index (χ0n) is 14.3. The van der Waals surface area contributed by atoms with E-state index in [1.165, 1.54) is 5.56 Å². The van der Waals surface area contributed by atoms with Gasteiger partial charge in [0.15, 0.2) is 0 Å². The van der Waals surface area contributed by atoms with Gasteiger partial charge in [0.2, 0.25) is 0 Å². The van der Waals surface area contributed by atoms with E-state index in [0.717, 1.165) is 37.7 Å². The van der Waals surface area contributed by atoms with Gasteiger partial charge in [-0.05, 0) is 52.8 Å². The van der Waals surface area contributed by atoms with Gasteiger partial charge >= 0.3 is 0 Å². The highest BCUT2D eigenvalue weighted by atomic mass is 16.5. The van der Waals surface area contributed by atoms with Gasteiger partial charge in [0.1, 0.15) is 5.82 Å². The van der Waals surface area contributed by atoms with Gasteiger partial charge in [-0.25, -0.2) is 4.98 Å². The molecule has 2 heterocycles. The van der Waals surface area contributed by atoms with Crippen LogP contribution in [0.5, 0.6) is 0 Å². The molecule has 0 aliphatic carbocycles. The first-order chi connectivity index (χ1) is 9.72. The normalized spacial score (nSPS) is 20.6. The lowest BCUT2D eigenvalue weighted by Gasteiger charge is -2.47. The zero-order chi connectivity index (χ0) is 15.7. The number of aromatic nitrogens is 1. The lowest BCUT2D eigenvalue weighted by molar-refractivity contribution is -0.133. The molecule has 0 radical (unpaired) electrons. The van der Waals surface area contributed by atoms with E-state index in [2.05, 4.69) is 63.9 Å². The van der Waals surface area contributed by atoms with Crippen LogP contribution in [-0.2, 0) is 11.3 Å². The second kappa shape index (κ2) is 5.93. The van der Waals surface area contributed by atoms with Crippen LogP contribution in [0.15, 0.2) is 12.1 Å². The molecular formula is C17H29N3O. The van der Waals surface area contributed by atoms with Crippen LogP contribution in [0.2, 0.25) is 0 Å². The van der Waals surface area contributed by atoms with Crippen molar-refractivity contribution >= 4 is 5.82 Å². The first kappa shape index (κ1) is 16.2. The molecular weight excluding hydrogens is 262 g/mol. The van der Waals surface area contributed by atoms with Crippen molar-refractivity contribution < 1.29 is 4.74 Å². The Kier molecular flexibility index (Phi) is 4.59. The Hall–Kier alpha value is -1.13. The van der Waals surface area contributed by atoms with E-state index in [4.69, 9.17) is 9.72 Å². The van der Waals surface area contributed by atoms with E-state index in [1.807, 2.05) is 0 Å². The Balaban J connectivity index is 2.19. The summed E-state index contributed by atoms with van der Waals surface area (Å²) in [5.74, 6) is 1.05. The van der Waals surface area contributed by atoms with Crippen LogP contribution >= 0.6 is 0 Å². The summed E-state index contributed by atoms with van der Waals surface area (Å²) in [6.45, 7) is 16.4. The number of hydrogen-bond acceptors (Lipinski definition) is 4. The second-order valence-corrected chi connectivity index (χ2v) is 7.17. The third-order valence-corrected chi connectivity index (χ3v) is 3.77. The molecule has 1 N–H and O–H groups in total. The number of aryl methyl sites for hydroxylation is 1. The fourth-order valence-electron chi connectivity index (χ4n) is 3.15. The fraction of sp³-hybridized carbons (Fsp3) is 0.706. The van der Waals surface area contributed by atoms with Gasteiger partial charge in [0.25, 0.3) is 0 Å². The summed E-state index contributed by atoms with van der Waals surface area (Å²) >= 11 is 0. The molecule has 4 nitrogen and oxygen atoms in total. The summed E-state index contributed by atoms with van der Waals surface area (Å²) in [6.07, 6.45) is 0. The average molecular weight is 291 g/mol. The Morgan fingerprint density at radius 1 is 1.19 bits per heavy atom. The van der Waals surface area contributed by atoms with Gasteiger partial charge in [-0.2, -0.15) is 0 Å². The molecule has 0 spiro atoms. The van der Waals surface area contributed by atoms with Crippen LogP contribution < -0.4 is 10.2 Å². The average Bonchev–Trinajstić information content (AvgIpc) is 2.33. The quantitative estimate of drug-likeness (QED) is 0.925. The predicted molar refractivity (Wildman–Crippen MR) is 87.8 cm³/mol. The largest absolute Gasteiger partial charge is 0.366 e. The van der Waals surface area contributed by atoms with Gasteiger partial charge in [0.05, 0.1) is 11.2 Å². The molecule has 1 aliphatic rings. The van der Waals surface area contributed by atoms with Gasteiger partial charge in [-0.3, -0.25) is 0 Å². The molecule has 1 aliphatic heterocycles. The second-order valence-electron chi connectivity index (χ2n) is 7.17. The zero-order valence-corrected chi connectivity index (χ0v) is 14.3. The van der Waals surface area contributed by atoms with Gasteiger partial charge < -0.3 is 15.0 Å². The van der Waals surface area contributed by atoms with E-state index in [1.54, 1.807) is 0 Å². The molecule has 0 atom stereocenters. The van der Waals surface area contributed by atoms with Gasteiger partial charge in [-0.1, -0.05) is 13.0 Å². The molecule has 118 valence electrons. The van der Waals surface area contributed by atoms with Crippen molar-refractivity contribution in [3.63, 3.8) is 0 Å². The molecule has 1 fully saturated rings. The number of morpholine rings is 1. The van der Waals surface area contributed by atoms with Crippen molar-refractivity contribution in [1.29, 1.82) is 0 Å². The number of anilines is 1. The number of pyridine rings is 1. The summed E-state index contributed by atoms with van der Waals surface area (Å²) in [6, 6.07) is 4.33. The fourth-order valence-corrected chi connectivity index (χ4v) is 3.15. The van der Waals surface area contributed by atoms with Crippen molar-refractivity contribution in [1.82, 2.24) is 10.3 Å². The van der Waals surface area contributed by atoms with Crippen molar-refractivity contribution in [2.75, 3.05) is 24.5 Å². The highest BCUT2D eigenvalue weighted by molar-refractivity contribution is 5.43. The standard InChI is InChI=1S/C17H29N3O/c1-7-18-10-14-8-9-15(19-13(14)2)20-11-16(3,4)21-17(5,6)12-20/h8-9,18H,7,10-12H2,1-6H3. The molecule has 0 saturated carbocycles. The molecule has 2 rings (SSSR count).